The van der Waals surface area contributed by atoms with Crippen molar-refractivity contribution in [1.82, 2.24) is 5.32 Å². The average molecular weight is 289 g/mol. The van der Waals surface area contributed by atoms with E-state index < -0.39 is 5.60 Å². The third-order valence-electron chi connectivity index (χ3n) is 3.13. The SMILES string of the molecule is Cc1ccccc1OCC(=O)NC[C@@](C)(O)c1ccco1. The Labute approximate surface area is 123 Å². The van der Waals surface area contributed by atoms with Crippen LogP contribution in [-0.4, -0.2) is 24.2 Å². The summed E-state index contributed by atoms with van der Waals surface area (Å²) in [4.78, 5) is 11.8. The molecule has 0 saturated carbocycles. The molecule has 1 heterocycles. The van der Waals surface area contributed by atoms with E-state index >= 15 is 0 Å². The Hall–Kier alpha value is -2.27. The van der Waals surface area contributed by atoms with Crippen LogP contribution in [0.5, 0.6) is 5.75 Å². The van der Waals surface area contributed by atoms with Gasteiger partial charge in [0.25, 0.3) is 5.91 Å². The fourth-order valence-corrected chi connectivity index (χ4v) is 1.86. The van der Waals surface area contributed by atoms with Crippen LogP contribution in [0.25, 0.3) is 0 Å². The van der Waals surface area contributed by atoms with Crippen molar-refractivity contribution in [2.75, 3.05) is 13.2 Å². The smallest absolute Gasteiger partial charge is 0.258 e. The number of aliphatic hydroxyl groups is 1. The van der Waals surface area contributed by atoms with Gasteiger partial charge in [-0.25, -0.2) is 0 Å². The van der Waals surface area contributed by atoms with Crippen molar-refractivity contribution in [1.29, 1.82) is 0 Å². The lowest BCUT2D eigenvalue weighted by Gasteiger charge is -2.21. The van der Waals surface area contributed by atoms with Gasteiger partial charge in [-0.1, -0.05) is 18.2 Å². The first kappa shape index (κ1) is 15.1. The summed E-state index contributed by atoms with van der Waals surface area (Å²) in [5.74, 6) is 0.776. The molecule has 0 aliphatic rings. The maximum Gasteiger partial charge on any atom is 0.258 e. The molecule has 1 atom stereocenters. The maximum atomic E-state index is 11.8. The number of carbonyl (C=O) groups excluding carboxylic acids is 1. The van der Waals surface area contributed by atoms with Crippen molar-refractivity contribution in [2.45, 2.75) is 19.4 Å². The van der Waals surface area contributed by atoms with Crippen LogP contribution >= 0.6 is 0 Å². The third-order valence-corrected chi connectivity index (χ3v) is 3.13. The molecule has 21 heavy (non-hydrogen) atoms. The van der Waals surface area contributed by atoms with Crippen molar-refractivity contribution in [3.8, 4) is 5.75 Å². The van der Waals surface area contributed by atoms with Crippen LogP contribution in [0, 0.1) is 6.92 Å². The molecule has 2 N–H and O–H groups in total. The molecular formula is C16H19NO4. The molecule has 0 aliphatic heterocycles. The Bertz CT molecular complexity index is 590. The van der Waals surface area contributed by atoms with E-state index in [2.05, 4.69) is 5.32 Å². The molecule has 1 amide bonds. The predicted octanol–water partition coefficient (Wildman–Crippen LogP) is 1.99. The Morgan fingerprint density at radius 2 is 2.10 bits per heavy atom. The molecule has 1 aromatic carbocycles. The van der Waals surface area contributed by atoms with E-state index in [1.54, 1.807) is 19.1 Å². The van der Waals surface area contributed by atoms with Gasteiger partial charge in [0.1, 0.15) is 17.1 Å². The average Bonchev–Trinajstić information content (AvgIpc) is 2.99. The van der Waals surface area contributed by atoms with E-state index in [1.165, 1.54) is 6.26 Å². The van der Waals surface area contributed by atoms with Crippen LogP contribution < -0.4 is 10.1 Å². The molecule has 1 aromatic heterocycles. The van der Waals surface area contributed by atoms with Gasteiger partial charge >= 0.3 is 0 Å². The molecular weight excluding hydrogens is 270 g/mol. The van der Waals surface area contributed by atoms with Gasteiger partial charge in [-0.05, 0) is 37.6 Å². The molecule has 0 radical (unpaired) electrons. The minimum Gasteiger partial charge on any atom is -0.484 e. The Kier molecular flexibility index (Phi) is 4.65. The van der Waals surface area contributed by atoms with Gasteiger partial charge in [0.05, 0.1) is 12.8 Å². The number of nitrogens with one attached hydrogen (secondary N) is 1. The molecule has 0 aliphatic carbocycles. The van der Waals surface area contributed by atoms with Crippen LogP contribution in [0.3, 0.4) is 0 Å². The highest BCUT2D eigenvalue weighted by atomic mass is 16.5. The summed E-state index contributed by atoms with van der Waals surface area (Å²) in [6, 6.07) is 10.8. The molecule has 0 saturated heterocycles. The van der Waals surface area contributed by atoms with E-state index in [1.807, 2.05) is 31.2 Å². The second kappa shape index (κ2) is 6.45. The zero-order valence-corrected chi connectivity index (χ0v) is 12.1. The first-order valence-electron chi connectivity index (χ1n) is 6.70. The van der Waals surface area contributed by atoms with Gasteiger partial charge in [0, 0.05) is 0 Å². The quantitative estimate of drug-likeness (QED) is 0.853. The number of aryl methyl sites for hydroxylation is 1. The summed E-state index contributed by atoms with van der Waals surface area (Å²) in [7, 11) is 0. The van der Waals surface area contributed by atoms with Gasteiger partial charge in [-0.2, -0.15) is 0 Å². The molecule has 0 unspecified atom stereocenters. The summed E-state index contributed by atoms with van der Waals surface area (Å²) >= 11 is 0. The number of ether oxygens (including phenoxy) is 1. The number of para-hydroxylation sites is 1. The predicted molar refractivity (Wildman–Crippen MR) is 78.0 cm³/mol. The molecule has 5 heteroatoms. The number of rotatable bonds is 6. The van der Waals surface area contributed by atoms with Gasteiger partial charge in [0.15, 0.2) is 6.61 Å². The monoisotopic (exact) mass is 289 g/mol. The lowest BCUT2D eigenvalue weighted by Crippen LogP contribution is -2.40. The largest absolute Gasteiger partial charge is 0.484 e. The first-order valence-corrected chi connectivity index (χ1v) is 6.70. The molecule has 0 spiro atoms. The highest BCUT2D eigenvalue weighted by Crippen LogP contribution is 2.20. The van der Waals surface area contributed by atoms with E-state index in [4.69, 9.17) is 9.15 Å². The zero-order chi connectivity index (χ0) is 15.3. The van der Waals surface area contributed by atoms with Gasteiger partial charge < -0.3 is 19.6 Å². The van der Waals surface area contributed by atoms with Crippen LogP contribution in [0.15, 0.2) is 47.1 Å². The maximum absolute atomic E-state index is 11.8. The summed E-state index contributed by atoms with van der Waals surface area (Å²) in [5, 5.41) is 12.8. The van der Waals surface area contributed by atoms with Gasteiger partial charge in [-0.15, -0.1) is 0 Å². The van der Waals surface area contributed by atoms with E-state index in [0.29, 0.717) is 11.5 Å². The number of hydrogen-bond donors (Lipinski definition) is 2. The summed E-state index contributed by atoms with van der Waals surface area (Å²) < 4.78 is 10.6. The highest BCUT2D eigenvalue weighted by Gasteiger charge is 2.26. The van der Waals surface area contributed by atoms with Crippen LogP contribution in [0.4, 0.5) is 0 Å². The Morgan fingerprint density at radius 1 is 1.33 bits per heavy atom. The minimum absolute atomic E-state index is 0.0521. The number of furan rings is 1. The Balaban J connectivity index is 1.82. The second-order valence-electron chi connectivity index (χ2n) is 5.08. The highest BCUT2D eigenvalue weighted by molar-refractivity contribution is 5.77. The van der Waals surface area contributed by atoms with Crippen LogP contribution in [0.2, 0.25) is 0 Å². The second-order valence-corrected chi connectivity index (χ2v) is 5.08. The first-order chi connectivity index (χ1) is 9.99. The topological polar surface area (TPSA) is 71.7 Å². The minimum atomic E-state index is -1.25. The summed E-state index contributed by atoms with van der Waals surface area (Å²) in [5.41, 5.74) is -0.283. The summed E-state index contributed by atoms with van der Waals surface area (Å²) in [6.07, 6.45) is 1.48. The lowest BCUT2D eigenvalue weighted by molar-refractivity contribution is -0.124. The molecule has 112 valence electrons. The fourth-order valence-electron chi connectivity index (χ4n) is 1.86. The fraction of sp³-hybridized carbons (Fsp3) is 0.312. The molecule has 0 bridgehead atoms. The van der Waals surface area contributed by atoms with Crippen molar-refractivity contribution < 1.29 is 19.1 Å². The van der Waals surface area contributed by atoms with E-state index in [-0.39, 0.29) is 19.1 Å². The van der Waals surface area contributed by atoms with E-state index in [0.717, 1.165) is 5.56 Å². The number of benzene rings is 1. The normalized spacial score (nSPS) is 13.5. The Morgan fingerprint density at radius 3 is 2.76 bits per heavy atom. The van der Waals surface area contributed by atoms with Crippen LogP contribution in [0.1, 0.15) is 18.2 Å². The summed E-state index contributed by atoms with van der Waals surface area (Å²) in [6.45, 7) is 3.44. The number of amides is 1. The van der Waals surface area contributed by atoms with Crippen molar-refractivity contribution >= 4 is 5.91 Å². The van der Waals surface area contributed by atoms with Gasteiger partial charge in [-0.3, -0.25) is 4.79 Å². The van der Waals surface area contributed by atoms with Crippen molar-refractivity contribution in [3.05, 3.63) is 54.0 Å². The lowest BCUT2D eigenvalue weighted by atomic mass is 10.0. The van der Waals surface area contributed by atoms with Crippen molar-refractivity contribution in [3.63, 3.8) is 0 Å². The van der Waals surface area contributed by atoms with Gasteiger partial charge in [0.2, 0.25) is 0 Å². The standard InChI is InChI=1S/C16H19NO4/c1-12-6-3-4-7-13(12)21-10-15(18)17-11-16(2,19)14-8-5-9-20-14/h3-9,19H,10-11H2,1-2H3,(H,17,18)/t16-/m1/s1. The van der Waals surface area contributed by atoms with Crippen molar-refractivity contribution in [2.24, 2.45) is 0 Å². The molecule has 2 rings (SSSR count). The zero-order valence-electron chi connectivity index (χ0n) is 12.1. The number of hydrogen-bond acceptors (Lipinski definition) is 4. The molecule has 5 nitrogen and oxygen atoms in total. The van der Waals surface area contributed by atoms with E-state index in [9.17, 15) is 9.90 Å². The molecule has 0 fully saturated rings. The molecule has 2 aromatic rings. The third kappa shape index (κ3) is 4.10. The van der Waals surface area contributed by atoms with Crippen LogP contribution in [-0.2, 0) is 10.4 Å². The number of carbonyl (C=O) groups is 1.